The van der Waals surface area contributed by atoms with Crippen molar-refractivity contribution in [2.24, 2.45) is 5.92 Å². The molecule has 4 heteroatoms. The third-order valence-corrected chi connectivity index (χ3v) is 4.67. The number of halogens is 1. The molecule has 0 N–H and O–H groups in total. The highest BCUT2D eigenvalue weighted by Crippen LogP contribution is 2.30. The van der Waals surface area contributed by atoms with Gasteiger partial charge in [-0.15, -0.1) is 12.6 Å². The summed E-state index contributed by atoms with van der Waals surface area (Å²) in [6.45, 7) is 2.17. The molecule has 1 aromatic rings. The first-order chi connectivity index (χ1) is 9.11. The van der Waals surface area contributed by atoms with Gasteiger partial charge in [-0.25, -0.2) is 4.79 Å². The molecular formula is C15H19BrO2S. The van der Waals surface area contributed by atoms with Gasteiger partial charge in [-0.2, -0.15) is 0 Å². The van der Waals surface area contributed by atoms with Crippen molar-refractivity contribution in [3.63, 3.8) is 0 Å². The van der Waals surface area contributed by atoms with Crippen LogP contribution >= 0.6 is 28.6 Å². The van der Waals surface area contributed by atoms with Crippen molar-refractivity contribution in [2.75, 3.05) is 0 Å². The Balaban J connectivity index is 2.07. The summed E-state index contributed by atoms with van der Waals surface area (Å²) in [5.41, 5.74) is 0.548. The van der Waals surface area contributed by atoms with Crippen LogP contribution in [0.4, 0.5) is 0 Å². The summed E-state index contributed by atoms with van der Waals surface area (Å²) in [5.74, 6) is 0.263. The van der Waals surface area contributed by atoms with E-state index in [0.717, 1.165) is 23.7 Å². The van der Waals surface area contributed by atoms with Gasteiger partial charge in [0.15, 0.2) is 0 Å². The average molecular weight is 343 g/mol. The van der Waals surface area contributed by atoms with E-state index in [2.05, 4.69) is 35.5 Å². The molecule has 1 aromatic carbocycles. The quantitative estimate of drug-likeness (QED) is 0.626. The Kier molecular flexibility index (Phi) is 5.34. The van der Waals surface area contributed by atoms with E-state index in [1.54, 1.807) is 6.07 Å². The maximum absolute atomic E-state index is 12.2. The fourth-order valence-electron chi connectivity index (χ4n) is 2.67. The summed E-state index contributed by atoms with van der Waals surface area (Å²) in [6, 6.07) is 5.42. The van der Waals surface area contributed by atoms with Gasteiger partial charge in [-0.1, -0.05) is 29.3 Å². The smallest absolute Gasteiger partial charge is 0.339 e. The summed E-state index contributed by atoms with van der Waals surface area (Å²) in [6.07, 6.45) is 5.71. The number of hydrogen-bond donors (Lipinski definition) is 1. The summed E-state index contributed by atoms with van der Waals surface area (Å²) < 4.78 is 6.61. The van der Waals surface area contributed by atoms with Crippen molar-refractivity contribution >= 4 is 34.5 Å². The Morgan fingerprint density at radius 1 is 1.42 bits per heavy atom. The average Bonchev–Trinajstić information content (AvgIpc) is 2.39. The molecule has 1 aliphatic rings. The molecule has 0 radical (unpaired) electrons. The van der Waals surface area contributed by atoms with Gasteiger partial charge in [0.1, 0.15) is 6.10 Å². The molecule has 2 unspecified atom stereocenters. The number of hydrogen-bond acceptors (Lipinski definition) is 3. The van der Waals surface area contributed by atoms with Crippen LogP contribution in [0.1, 0.15) is 49.4 Å². The summed E-state index contributed by atoms with van der Waals surface area (Å²) in [7, 11) is 0. The monoisotopic (exact) mass is 342 g/mol. The van der Waals surface area contributed by atoms with Crippen LogP contribution < -0.4 is 0 Å². The number of carbonyl (C=O) groups is 1. The lowest BCUT2D eigenvalue weighted by Crippen LogP contribution is -2.29. The summed E-state index contributed by atoms with van der Waals surface area (Å²) in [4.78, 5) is 12.9. The topological polar surface area (TPSA) is 26.3 Å². The minimum absolute atomic E-state index is 0.0719. The minimum atomic E-state index is -0.247. The molecule has 0 amide bonds. The van der Waals surface area contributed by atoms with Crippen LogP contribution in [0.5, 0.6) is 0 Å². The van der Waals surface area contributed by atoms with Crippen LogP contribution in [0.3, 0.4) is 0 Å². The molecule has 0 aromatic heterocycles. The van der Waals surface area contributed by atoms with E-state index < -0.39 is 0 Å². The van der Waals surface area contributed by atoms with Crippen LogP contribution in [0, 0.1) is 5.92 Å². The minimum Gasteiger partial charge on any atom is -0.458 e. The maximum Gasteiger partial charge on any atom is 0.339 e. The maximum atomic E-state index is 12.2. The van der Waals surface area contributed by atoms with E-state index in [-0.39, 0.29) is 12.1 Å². The molecule has 2 atom stereocenters. The molecule has 1 aliphatic carbocycles. The van der Waals surface area contributed by atoms with E-state index in [9.17, 15) is 4.79 Å². The van der Waals surface area contributed by atoms with Gasteiger partial charge in [0, 0.05) is 9.37 Å². The van der Waals surface area contributed by atoms with Gasteiger partial charge >= 0.3 is 5.97 Å². The van der Waals surface area contributed by atoms with Crippen molar-refractivity contribution < 1.29 is 9.53 Å². The van der Waals surface area contributed by atoms with E-state index in [0.29, 0.717) is 16.4 Å². The molecule has 2 rings (SSSR count). The molecule has 0 aliphatic heterocycles. The molecule has 0 saturated heterocycles. The Bertz CT molecular complexity index is 461. The molecule has 0 spiro atoms. The van der Waals surface area contributed by atoms with Crippen LogP contribution in [0.2, 0.25) is 0 Å². The zero-order valence-electron chi connectivity index (χ0n) is 11.1. The molecule has 0 bridgehead atoms. The Morgan fingerprint density at radius 2 is 2.16 bits per heavy atom. The first kappa shape index (κ1) is 14.9. The number of benzene rings is 1. The van der Waals surface area contributed by atoms with E-state index in [1.165, 1.54) is 12.8 Å². The molecule has 0 heterocycles. The first-order valence-electron chi connectivity index (χ1n) is 6.81. The second-order valence-electron chi connectivity index (χ2n) is 5.06. The number of rotatable bonds is 3. The van der Waals surface area contributed by atoms with Crippen molar-refractivity contribution in [3.05, 3.63) is 28.2 Å². The Labute approximate surface area is 128 Å². The second-order valence-corrected chi connectivity index (χ2v) is 6.46. The van der Waals surface area contributed by atoms with Crippen molar-refractivity contribution in [3.8, 4) is 0 Å². The predicted molar refractivity (Wildman–Crippen MR) is 82.8 cm³/mol. The number of carbonyl (C=O) groups excluding carboxylic acids is 1. The largest absolute Gasteiger partial charge is 0.458 e. The first-order valence-corrected chi connectivity index (χ1v) is 8.05. The fourth-order valence-corrected chi connectivity index (χ4v) is 3.52. The number of esters is 1. The van der Waals surface area contributed by atoms with Gasteiger partial charge in [0.25, 0.3) is 0 Å². The second kappa shape index (κ2) is 6.80. The molecular weight excluding hydrogens is 324 g/mol. The highest BCUT2D eigenvalue weighted by Gasteiger charge is 2.27. The van der Waals surface area contributed by atoms with E-state index in [1.807, 2.05) is 12.1 Å². The number of ether oxygens (including phenoxy) is 1. The third kappa shape index (κ3) is 3.76. The zero-order valence-corrected chi connectivity index (χ0v) is 13.5. The molecule has 1 saturated carbocycles. The SMILES string of the molecule is CCC1CCCCC1OC(=O)c1ccc(Br)cc1S. The van der Waals surface area contributed by atoms with Gasteiger partial charge in [0.05, 0.1) is 5.56 Å². The predicted octanol–water partition coefficient (Wildman–Crippen LogP) is 4.86. The molecule has 1 fully saturated rings. The van der Waals surface area contributed by atoms with Crippen LogP contribution in [0.25, 0.3) is 0 Å². The van der Waals surface area contributed by atoms with Crippen molar-refractivity contribution in [1.29, 1.82) is 0 Å². The Morgan fingerprint density at radius 3 is 2.84 bits per heavy atom. The molecule has 19 heavy (non-hydrogen) atoms. The van der Waals surface area contributed by atoms with Crippen molar-refractivity contribution in [2.45, 2.75) is 50.0 Å². The third-order valence-electron chi connectivity index (χ3n) is 3.80. The lowest BCUT2D eigenvalue weighted by molar-refractivity contribution is 0.000364. The highest BCUT2D eigenvalue weighted by molar-refractivity contribution is 9.10. The summed E-state index contributed by atoms with van der Waals surface area (Å²) in [5, 5.41) is 0. The fraction of sp³-hybridized carbons (Fsp3) is 0.533. The highest BCUT2D eigenvalue weighted by atomic mass is 79.9. The molecule has 104 valence electrons. The van der Waals surface area contributed by atoms with Gasteiger partial charge in [0.2, 0.25) is 0 Å². The van der Waals surface area contributed by atoms with E-state index >= 15 is 0 Å². The van der Waals surface area contributed by atoms with Crippen LogP contribution in [-0.2, 0) is 4.74 Å². The van der Waals surface area contributed by atoms with Gasteiger partial charge in [-0.3, -0.25) is 0 Å². The molecule has 2 nitrogen and oxygen atoms in total. The van der Waals surface area contributed by atoms with Gasteiger partial charge < -0.3 is 4.74 Å². The number of thiol groups is 1. The van der Waals surface area contributed by atoms with Gasteiger partial charge in [-0.05, 0) is 49.8 Å². The van der Waals surface area contributed by atoms with Crippen LogP contribution in [0.15, 0.2) is 27.6 Å². The Hall–Kier alpha value is -0.480. The normalized spacial score (nSPS) is 23.1. The zero-order chi connectivity index (χ0) is 13.8. The summed E-state index contributed by atoms with van der Waals surface area (Å²) >= 11 is 7.70. The van der Waals surface area contributed by atoms with E-state index in [4.69, 9.17) is 4.74 Å². The lowest BCUT2D eigenvalue weighted by atomic mass is 9.85. The van der Waals surface area contributed by atoms with Crippen LogP contribution in [-0.4, -0.2) is 12.1 Å². The standard InChI is InChI=1S/C15H19BrO2S/c1-2-10-5-3-4-6-13(10)18-15(17)12-8-7-11(16)9-14(12)19/h7-10,13,19H,2-6H2,1H3. The lowest BCUT2D eigenvalue weighted by Gasteiger charge is -2.30. The van der Waals surface area contributed by atoms with Crippen molar-refractivity contribution in [1.82, 2.24) is 0 Å².